The predicted molar refractivity (Wildman–Crippen MR) is 185 cm³/mol. The van der Waals surface area contributed by atoms with Gasteiger partial charge in [-0.05, 0) is 85.3 Å². The molecule has 2 amide bonds. The first-order valence-electron chi connectivity index (χ1n) is 15.9. The summed E-state index contributed by atoms with van der Waals surface area (Å²) in [5.41, 5.74) is 5.52. The highest BCUT2D eigenvalue weighted by Crippen LogP contribution is 2.29. The van der Waals surface area contributed by atoms with Crippen molar-refractivity contribution in [2.75, 3.05) is 30.3 Å². The van der Waals surface area contributed by atoms with Crippen molar-refractivity contribution in [1.82, 2.24) is 19.8 Å². The number of aromatic nitrogens is 2. The van der Waals surface area contributed by atoms with Gasteiger partial charge < -0.3 is 25.4 Å². The summed E-state index contributed by atoms with van der Waals surface area (Å²) in [5, 5.41) is 9.32. The van der Waals surface area contributed by atoms with E-state index in [1.807, 2.05) is 49.4 Å². The second-order valence-corrected chi connectivity index (χ2v) is 13.0. The molecule has 4 aromatic rings. The highest BCUT2D eigenvalue weighted by atomic mass is 16.2. The summed E-state index contributed by atoms with van der Waals surface area (Å²) < 4.78 is 1.48. The van der Waals surface area contributed by atoms with Gasteiger partial charge in [0.2, 0.25) is 0 Å². The van der Waals surface area contributed by atoms with E-state index in [9.17, 15) is 14.4 Å². The molecule has 1 aromatic heterocycles. The fraction of sp³-hybridized carbons (Fsp3) is 0.351. The monoisotopic (exact) mass is 620 g/mol. The van der Waals surface area contributed by atoms with Crippen LogP contribution in [0.25, 0.3) is 11.3 Å². The molecule has 0 unspecified atom stereocenters. The molecule has 3 N–H and O–H groups in total. The van der Waals surface area contributed by atoms with Gasteiger partial charge in [-0.3, -0.25) is 14.4 Å². The highest BCUT2D eigenvalue weighted by Gasteiger charge is 2.21. The number of anilines is 3. The number of hydrogen-bond donors (Lipinski definition) is 3. The zero-order valence-electron chi connectivity index (χ0n) is 27.6. The molecule has 3 aromatic carbocycles. The second-order valence-electron chi connectivity index (χ2n) is 13.0. The van der Waals surface area contributed by atoms with E-state index >= 15 is 0 Å². The number of carbonyl (C=O) groups excluding carboxylic acids is 2. The lowest BCUT2D eigenvalue weighted by atomic mass is 9.86. The highest BCUT2D eigenvalue weighted by molar-refractivity contribution is 6.05. The Bertz CT molecular complexity index is 1760. The van der Waals surface area contributed by atoms with Gasteiger partial charge in [0, 0.05) is 60.4 Å². The average Bonchev–Trinajstić information content (AvgIpc) is 3.04. The number of nitrogens with one attached hydrogen (secondary N) is 3. The summed E-state index contributed by atoms with van der Waals surface area (Å²) in [7, 11) is 1.68. The van der Waals surface area contributed by atoms with Crippen LogP contribution in [0.2, 0.25) is 0 Å². The molecule has 0 bridgehead atoms. The van der Waals surface area contributed by atoms with Crippen LogP contribution in [0.3, 0.4) is 0 Å². The van der Waals surface area contributed by atoms with Crippen LogP contribution in [-0.4, -0.2) is 51.9 Å². The maximum atomic E-state index is 13.1. The second kappa shape index (κ2) is 13.7. The first-order valence-corrected chi connectivity index (χ1v) is 15.9. The Kier molecular flexibility index (Phi) is 9.72. The molecular formula is C37H44N6O3. The van der Waals surface area contributed by atoms with Crippen molar-refractivity contribution in [2.45, 2.75) is 58.9 Å². The van der Waals surface area contributed by atoms with E-state index in [1.54, 1.807) is 37.5 Å². The van der Waals surface area contributed by atoms with E-state index in [-0.39, 0.29) is 34.6 Å². The molecule has 0 aliphatic carbocycles. The van der Waals surface area contributed by atoms with Crippen molar-refractivity contribution < 1.29 is 9.59 Å². The normalized spacial score (nSPS) is 14.1. The molecule has 0 saturated carbocycles. The minimum atomic E-state index is -0.287. The standard InChI is InChI=1S/C37H44N6O3/c1-7-43-21-19-29(20-22-43)39-34(44)26-13-17-28(18-14-26)38-33-36(46)42(6)23-32(40-33)30-9-8-10-31(24(30)2)41-35(45)25-11-15-27(16-12-25)37(3,4)5/h8-18,23,29H,7,19-22H2,1-6H3,(H,38,40)(H,39,44)(H,41,45). The van der Waals surface area contributed by atoms with Crippen molar-refractivity contribution in [3.05, 3.63) is 106 Å². The number of aryl methyl sites for hydroxylation is 1. The number of amides is 2. The fourth-order valence-corrected chi connectivity index (χ4v) is 5.69. The molecule has 1 saturated heterocycles. The van der Waals surface area contributed by atoms with Crippen LogP contribution in [0, 0.1) is 6.92 Å². The molecule has 5 rings (SSSR count). The zero-order valence-corrected chi connectivity index (χ0v) is 27.6. The quantitative estimate of drug-likeness (QED) is 0.215. The third-order valence-corrected chi connectivity index (χ3v) is 8.72. The summed E-state index contributed by atoms with van der Waals surface area (Å²) in [4.78, 5) is 46.1. The van der Waals surface area contributed by atoms with Gasteiger partial charge in [-0.15, -0.1) is 0 Å². The van der Waals surface area contributed by atoms with Crippen molar-refractivity contribution >= 4 is 29.0 Å². The van der Waals surface area contributed by atoms with Crippen LogP contribution in [0.5, 0.6) is 0 Å². The third-order valence-electron chi connectivity index (χ3n) is 8.72. The first kappa shape index (κ1) is 32.6. The number of benzene rings is 3. The molecular weight excluding hydrogens is 576 g/mol. The van der Waals surface area contributed by atoms with Crippen LogP contribution in [0.1, 0.15) is 72.4 Å². The Balaban J connectivity index is 1.30. The molecule has 0 spiro atoms. The molecule has 9 nitrogen and oxygen atoms in total. The molecule has 240 valence electrons. The summed E-state index contributed by atoms with van der Waals surface area (Å²) in [6.07, 6.45) is 3.58. The lowest BCUT2D eigenvalue weighted by Crippen LogP contribution is -2.44. The Hall–Kier alpha value is -4.76. The largest absolute Gasteiger partial charge is 0.349 e. The Morgan fingerprint density at radius 1 is 0.913 bits per heavy atom. The average molecular weight is 621 g/mol. The van der Waals surface area contributed by atoms with Gasteiger partial charge in [0.15, 0.2) is 5.82 Å². The maximum Gasteiger partial charge on any atom is 0.293 e. The minimum absolute atomic E-state index is 0.00213. The van der Waals surface area contributed by atoms with Gasteiger partial charge in [-0.25, -0.2) is 4.98 Å². The molecule has 1 aliphatic heterocycles. The van der Waals surface area contributed by atoms with Gasteiger partial charge in [0.1, 0.15) is 0 Å². The van der Waals surface area contributed by atoms with Crippen molar-refractivity contribution in [2.24, 2.45) is 7.05 Å². The van der Waals surface area contributed by atoms with E-state index in [4.69, 9.17) is 0 Å². The summed E-state index contributed by atoms with van der Waals surface area (Å²) in [5.74, 6) is -0.134. The molecule has 9 heteroatoms. The van der Waals surface area contributed by atoms with Gasteiger partial charge in [-0.2, -0.15) is 0 Å². The number of rotatable bonds is 8. The third kappa shape index (κ3) is 7.54. The summed E-state index contributed by atoms with van der Waals surface area (Å²) in [6.45, 7) is 13.5. The maximum absolute atomic E-state index is 13.1. The molecule has 46 heavy (non-hydrogen) atoms. The first-order chi connectivity index (χ1) is 21.9. The van der Waals surface area contributed by atoms with Crippen LogP contribution < -0.4 is 21.5 Å². The summed E-state index contributed by atoms with van der Waals surface area (Å²) >= 11 is 0. The molecule has 0 radical (unpaired) electrons. The van der Waals surface area contributed by atoms with Crippen LogP contribution in [0.4, 0.5) is 17.2 Å². The fourth-order valence-electron chi connectivity index (χ4n) is 5.69. The summed E-state index contributed by atoms with van der Waals surface area (Å²) in [6, 6.07) is 20.5. The van der Waals surface area contributed by atoms with E-state index < -0.39 is 0 Å². The van der Waals surface area contributed by atoms with Gasteiger partial charge in [-0.1, -0.05) is 52.0 Å². The predicted octanol–water partition coefficient (Wildman–Crippen LogP) is 6.26. The van der Waals surface area contributed by atoms with Crippen molar-refractivity contribution in [3.8, 4) is 11.3 Å². The zero-order chi connectivity index (χ0) is 33.0. The lowest BCUT2D eigenvalue weighted by molar-refractivity contribution is 0.0912. The topological polar surface area (TPSA) is 108 Å². The minimum Gasteiger partial charge on any atom is -0.349 e. The van der Waals surface area contributed by atoms with Crippen LogP contribution in [0.15, 0.2) is 77.7 Å². The number of carbonyl (C=O) groups is 2. The Morgan fingerprint density at radius 2 is 1.54 bits per heavy atom. The molecule has 1 aliphatic rings. The van der Waals surface area contributed by atoms with E-state index in [2.05, 4.69) is 53.5 Å². The number of piperidine rings is 1. The van der Waals surface area contributed by atoms with E-state index in [0.717, 1.165) is 49.2 Å². The number of likely N-dealkylation sites (tertiary alicyclic amines) is 1. The lowest BCUT2D eigenvalue weighted by Gasteiger charge is -2.31. The Morgan fingerprint density at radius 3 is 2.17 bits per heavy atom. The van der Waals surface area contributed by atoms with Gasteiger partial charge in [0.25, 0.3) is 17.4 Å². The SMILES string of the molecule is CCN1CCC(NC(=O)c2ccc(Nc3nc(-c4cccc(NC(=O)c5ccc(C(C)(C)C)cc5)c4C)cn(C)c3=O)cc2)CC1. The van der Waals surface area contributed by atoms with Crippen molar-refractivity contribution in [3.63, 3.8) is 0 Å². The van der Waals surface area contributed by atoms with E-state index in [1.165, 1.54) is 4.57 Å². The van der Waals surface area contributed by atoms with Gasteiger partial charge in [0.05, 0.1) is 5.69 Å². The number of hydrogen-bond acceptors (Lipinski definition) is 6. The van der Waals surface area contributed by atoms with Crippen molar-refractivity contribution in [1.29, 1.82) is 0 Å². The number of nitrogens with zero attached hydrogens (tertiary/aromatic N) is 3. The molecule has 0 atom stereocenters. The smallest absolute Gasteiger partial charge is 0.293 e. The Labute approximate surface area is 271 Å². The molecule has 2 heterocycles. The van der Waals surface area contributed by atoms with Gasteiger partial charge >= 0.3 is 0 Å². The van der Waals surface area contributed by atoms with Crippen LogP contribution >= 0.6 is 0 Å². The molecule has 1 fully saturated rings. The van der Waals surface area contributed by atoms with E-state index in [0.29, 0.717) is 28.2 Å². The van der Waals surface area contributed by atoms with Crippen LogP contribution in [-0.2, 0) is 12.5 Å².